The van der Waals surface area contributed by atoms with Crippen molar-refractivity contribution in [2.45, 2.75) is 10.6 Å². The molecule has 1 amide bonds. The van der Waals surface area contributed by atoms with Gasteiger partial charge in [-0.3, -0.25) is 4.79 Å². The number of carbonyl (C=O) groups excluding carboxylic acids is 1. The van der Waals surface area contributed by atoms with Crippen LogP contribution in [0.25, 0.3) is 0 Å². The van der Waals surface area contributed by atoms with Gasteiger partial charge in [0.2, 0.25) is 15.9 Å². The van der Waals surface area contributed by atoms with Crippen LogP contribution in [0.1, 0.15) is 11.1 Å². The van der Waals surface area contributed by atoms with Gasteiger partial charge in [-0.25, -0.2) is 8.42 Å². The van der Waals surface area contributed by atoms with Crippen molar-refractivity contribution in [3.05, 3.63) is 64.7 Å². The average molecular weight is 450 g/mol. The van der Waals surface area contributed by atoms with Crippen molar-refractivity contribution < 1.29 is 13.2 Å². The molecule has 9 heteroatoms. The monoisotopic (exact) mass is 449 g/mol. The van der Waals surface area contributed by atoms with E-state index >= 15 is 0 Å². The molecule has 3 rings (SSSR count). The Morgan fingerprint density at radius 1 is 1.03 bits per heavy atom. The molecule has 0 N–H and O–H groups in total. The van der Waals surface area contributed by atoms with E-state index < -0.39 is 10.0 Å². The zero-order valence-electron chi connectivity index (χ0n) is 15.6. The summed E-state index contributed by atoms with van der Waals surface area (Å²) in [6.45, 7) is 1.26. The lowest BCUT2D eigenvalue weighted by Crippen LogP contribution is -2.50. The third kappa shape index (κ3) is 5.52. The summed E-state index contributed by atoms with van der Waals surface area (Å²) in [4.78, 5) is 14.3. The van der Waals surface area contributed by atoms with E-state index in [2.05, 4.69) is 0 Å². The van der Waals surface area contributed by atoms with Crippen LogP contribution in [0.3, 0.4) is 0 Å². The van der Waals surface area contributed by atoms with Gasteiger partial charge in [-0.05, 0) is 42.0 Å². The molecule has 1 fully saturated rings. The first-order chi connectivity index (χ1) is 13.9. The molecular formula is C20H20ClN3O3S2. The Bertz CT molecular complexity index is 995. The second kappa shape index (κ2) is 9.63. The van der Waals surface area contributed by atoms with Crippen LogP contribution in [0.15, 0.2) is 53.4 Å². The number of thioether (sulfide) groups is 1. The van der Waals surface area contributed by atoms with Crippen molar-refractivity contribution in [2.24, 2.45) is 0 Å². The molecule has 0 radical (unpaired) electrons. The van der Waals surface area contributed by atoms with E-state index in [0.29, 0.717) is 29.4 Å². The van der Waals surface area contributed by atoms with Gasteiger partial charge in [0.1, 0.15) is 0 Å². The van der Waals surface area contributed by atoms with Gasteiger partial charge in [-0.1, -0.05) is 23.7 Å². The van der Waals surface area contributed by atoms with E-state index in [4.69, 9.17) is 16.9 Å². The van der Waals surface area contributed by atoms with Gasteiger partial charge < -0.3 is 4.90 Å². The third-order valence-corrected chi connectivity index (χ3v) is 7.77. The molecular weight excluding hydrogens is 430 g/mol. The number of rotatable bonds is 6. The number of piperazine rings is 1. The van der Waals surface area contributed by atoms with Crippen LogP contribution in [0.2, 0.25) is 5.02 Å². The van der Waals surface area contributed by atoms with E-state index in [1.165, 1.54) is 40.3 Å². The third-order valence-electron chi connectivity index (χ3n) is 4.62. The number of nitrogens with zero attached hydrogens (tertiary/aromatic N) is 3. The molecule has 1 saturated heterocycles. The zero-order valence-corrected chi connectivity index (χ0v) is 18.0. The van der Waals surface area contributed by atoms with Gasteiger partial charge in [-0.15, -0.1) is 11.8 Å². The predicted octanol–water partition coefficient (Wildman–Crippen LogP) is 2.98. The van der Waals surface area contributed by atoms with Gasteiger partial charge in [0, 0.05) is 37.0 Å². The van der Waals surface area contributed by atoms with Crippen molar-refractivity contribution in [1.29, 1.82) is 5.26 Å². The molecule has 2 aromatic carbocycles. The molecule has 6 nitrogen and oxygen atoms in total. The second-order valence-electron chi connectivity index (χ2n) is 6.54. The standard InChI is InChI=1S/C20H20ClN3O3S2/c21-18-5-1-17(2-6-18)14-28-15-20(25)23-9-11-24(12-10-23)29(26,27)19-7-3-16(13-22)4-8-19/h1-8H,9-12,14-15H2. The van der Waals surface area contributed by atoms with E-state index in [1.807, 2.05) is 30.3 Å². The van der Waals surface area contributed by atoms with Crippen molar-refractivity contribution in [3.63, 3.8) is 0 Å². The fourth-order valence-corrected chi connectivity index (χ4v) is 5.39. The number of halogens is 1. The molecule has 0 unspecified atom stereocenters. The van der Waals surface area contributed by atoms with Crippen molar-refractivity contribution in [2.75, 3.05) is 31.9 Å². The van der Waals surface area contributed by atoms with Gasteiger partial charge in [0.25, 0.3) is 0 Å². The van der Waals surface area contributed by atoms with Crippen molar-refractivity contribution >= 4 is 39.3 Å². The zero-order chi connectivity index (χ0) is 20.9. The molecule has 1 aliphatic rings. The van der Waals surface area contributed by atoms with Crippen LogP contribution in [-0.4, -0.2) is 55.5 Å². The molecule has 0 spiro atoms. The molecule has 0 aromatic heterocycles. The summed E-state index contributed by atoms with van der Waals surface area (Å²) < 4.78 is 26.9. The Kier molecular flexibility index (Phi) is 7.19. The Morgan fingerprint density at radius 2 is 1.66 bits per heavy atom. The van der Waals surface area contributed by atoms with Crippen LogP contribution >= 0.6 is 23.4 Å². The number of hydrogen-bond acceptors (Lipinski definition) is 5. The van der Waals surface area contributed by atoms with E-state index in [0.717, 1.165) is 11.3 Å². The summed E-state index contributed by atoms with van der Waals surface area (Å²) in [6.07, 6.45) is 0. The minimum atomic E-state index is -3.62. The highest BCUT2D eigenvalue weighted by molar-refractivity contribution is 7.99. The first-order valence-corrected chi connectivity index (χ1v) is 12.0. The number of hydrogen-bond donors (Lipinski definition) is 0. The minimum absolute atomic E-state index is 0.0133. The highest BCUT2D eigenvalue weighted by Crippen LogP contribution is 2.20. The molecule has 0 bridgehead atoms. The molecule has 2 aromatic rings. The molecule has 1 heterocycles. The fraction of sp³-hybridized carbons (Fsp3) is 0.300. The number of nitriles is 1. The van der Waals surface area contributed by atoms with Crippen LogP contribution < -0.4 is 0 Å². The van der Waals surface area contributed by atoms with Gasteiger partial charge in [0.05, 0.1) is 22.3 Å². The summed E-state index contributed by atoms with van der Waals surface area (Å²) in [5.41, 5.74) is 1.51. The van der Waals surface area contributed by atoms with Crippen molar-refractivity contribution in [1.82, 2.24) is 9.21 Å². The fourth-order valence-electron chi connectivity index (χ4n) is 2.96. The summed E-state index contributed by atoms with van der Waals surface area (Å²) in [5.74, 6) is 1.08. The Labute approximate surface area is 180 Å². The second-order valence-corrected chi connectivity index (χ2v) is 9.90. The molecule has 152 valence electrons. The quantitative estimate of drug-likeness (QED) is 0.677. The highest BCUT2D eigenvalue weighted by Gasteiger charge is 2.29. The van der Waals surface area contributed by atoms with Crippen molar-refractivity contribution in [3.8, 4) is 6.07 Å². The Hall–Kier alpha value is -2.05. The van der Waals surface area contributed by atoms with Gasteiger partial charge in [0.15, 0.2) is 0 Å². The number of benzene rings is 2. The lowest BCUT2D eigenvalue weighted by atomic mass is 10.2. The van der Waals surface area contributed by atoms with E-state index in [-0.39, 0.29) is 23.9 Å². The Morgan fingerprint density at radius 3 is 2.24 bits per heavy atom. The number of sulfonamides is 1. The Balaban J connectivity index is 1.49. The van der Waals surface area contributed by atoms with Gasteiger partial charge >= 0.3 is 0 Å². The van der Waals surface area contributed by atoms with Crippen LogP contribution in [0.5, 0.6) is 0 Å². The lowest BCUT2D eigenvalue weighted by Gasteiger charge is -2.34. The maximum absolute atomic E-state index is 12.7. The summed E-state index contributed by atoms with van der Waals surface area (Å²) in [7, 11) is -3.62. The molecule has 0 atom stereocenters. The smallest absolute Gasteiger partial charge is 0.243 e. The lowest BCUT2D eigenvalue weighted by molar-refractivity contribution is -0.129. The highest BCUT2D eigenvalue weighted by atomic mass is 35.5. The maximum Gasteiger partial charge on any atom is 0.243 e. The normalized spacial score (nSPS) is 15.1. The molecule has 0 saturated carbocycles. The summed E-state index contributed by atoms with van der Waals surface area (Å²) in [6, 6.07) is 15.4. The topological polar surface area (TPSA) is 81.5 Å². The number of amides is 1. The van der Waals surface area contributed by atoms with E-state index in [9.17, 15) is 13.2 Å². The molecule has 1 aliphatic heterocycles. The van der Waals surface area contributed by atoms with Gasteiger partial charge in [-0.2, -0.15) is 9.57 Å². The minimum Gasteiger partial charge on any atom is -0.339 e. The van der Waals surface area contributed by atoms with E-state index in [1.54, 1.807) is 4.90 Å². The summed E-state index contributed by atoms with van der Waals surface area (Å²) >= 11 is 7.40. The number of carbonyl (C=O) groups is 1. The first kappa shape index (κ1) is 21.7. The molecule has 0 aliphatic carbocycles. The largest absolute Gasteiger partial charge is 0.339 e. The van der Waals surface area contributed by atoms with Crippen LogP contribution in [-0.2, 0) is 20.6 Å². The average Bonchev–Trinajstić information content (AvgIpc) is 2.75. The van der Waals surface area contributed by atoms with Crippen LogP contribution in [0, 0.1) is 11.3 Å². The predicted molar refractivity (Wildman–Crippen MR) is 114 cm³/mol. The summed E-state index contributed by atoms with van der Waals surface area (Å²) in [5, 5.41) is 9.53. The maximum atomic E-state index is 12.7. The SMILES string of the molecule is N#Cc1ccc(S(=O)(=O)N2CCN(C(=O)CSCc3ccc(Cl)cc3)CC2)cc1. The molecule has 29 heavy (non-hydrogen) atoms. The first-order valence-electron chi connectivity index (χ1n) is 9.00. The van der Waals surface area contributed by atoms with Crippen LogP contribution in [0.4, 0.5) is 0 Å².